The Morgan fingerprint density at radius 3 is 2.33 bits per heavy atom. The van der Waals surface area contributed by atoms with Crippen molar-refractivity contribution in [1.82, 2.24) is 10.6 Å². The first kappa shape index (κ1) is 27.6. The number of oxime groups is 1. The van der Waals surface area contributed by atoms with Crippen molar-refractivity contribution < 1.29 is 27.6 Å². The first-order chi connectivity index (χ1) is 18.4. The second-order valence-corrected chi connectivity index (χ2v) is 11.6. The molecule has 1 unspecified atom stereocenters. The summed E-state index contributed by atoms with van der Waals surface area (Å²) in [5.74, 6) is 0.844. The highest BCUT2D eigenvalue weighted by molar-refractivity contribution is 8.00. The molecule has 1 fully saturated rings. The highest BCUT2D eigenvalue weighted by Crippen LogP contribution is 2.50. The van der Waals surface area contributed by atoms with Crippen molar-refractivity contribution in [2.24, 2.45) is 5.16 Å². The van der Waals surface area contributed by atoms with Gasteiger partial charge in [-0.05, 0) is 42.0 Å². The van der Waals surface area contributed by atoms with Gasteiger partial charge in [-0.3, -0.25) is 9.59 Å². The number of nitrogens with zero attached hydrogens (tertiary/aromatic N) is 1. The van der Waals surface area contributed by atoms with Gasteiger partial charge < -0.3 is 15.5 Å². The lowest BCUT2D eigenvalue weighted by Gasteiger charge is -2.38. The van der Waals surface area contributed by atoms with Crippen molar-refractivity contribution in [3.05, 3.63) is 81.3 Å². The Morgan fingerprint density at radius 1 is 1.05 bits per heavy atom. The summed E-state index contributed by atoms with van der Waals surface area (Å²) in [4.78, 5) is 30.4. The molecular formula is C27H22Cl2F3N3O3S. The van der Waals surface area contributed by atoms with E-state index < -0.39 is 24.1 Å². The zero-order valence-corrected chi connectivity index (χ0v) is 22.8. The first-order valence-electron chi connectivity index (χ1n) is 11.9. The number of amides is 2. The number of hydrogen-bond acceptors (Lipinski definition) is 5. The van der Waals surface area contributed by atoms with Crippen molar-refractivity contribution >= 4 is 63.3 Å². The van der Waals surface area contributed by atoms with Crippen molar-refractivity contribution in [3.63, 3.8) is 0 Å². The number of carbonyl (C=O) groups excluding carboxylic acids is 2. The molecule has 39 heavy (non-hydrogen) atoms. The fourth-order valence-corrected chi connectivity index (χ4v) is 6.19. The van der Waals surface area contributed by atoms with Gasteiger partial charge >= 0.3 is 6.18 Å². The second kappa shape index (κ2) is 10.2. The van der Waals surface area contributed by atoms with Gasteiger partial charge in [0.25, 0.3) is 11.5 Å². The fraction of sp³-hybridized carbons (Fsp3) is 0.296. The highest BCUT2D eigenvalue weighted by Gasteiger charge is 2.62. The number of rotatable bonds is 6. The van der Waals surface area contributed by atoms with Gasteiger partial charge in [0.1, 0.15) is 0 Å². The summed E-state index contributed by atoms with van der Waals surface area (Å²) >= 11 is 13.7. The molecule has 5 rings (SSSR count). The fourth-order valence-electron chi connectivity index (χ4n) is 4.70. The van der Waals surface area contributed by atoms with Gasteiger partial charge in [-0.25, -0.2) is 0 Å². The maximum absolute atomic E-state index is 14.4. The predicted molar refractivity (Wildman–Crippen MR) is 147 cm³/mol. The molecule has 2 amide bonds. The van der Waals surface area contributed by atoms with Crippen LogP contribution in [0.4, 0.5) is 13.2 Å². The number of fused-ring (bicyclic) bond motifs is 1. The smallest absolute Gasteiger partial charge is 0.374 e. The van der Waals surface area contributed by atoms with Gasteiger partial charge in [0, 0.05) is 44.7 Å². The Morgan fingerprint density at radius 2 is 1.72 bits per heavy atom. The van der Waals surface area contributed by atoms with Gasteiger partial charge in [0.15, 0.2) is 0 Å². The number of alkyl halides is 3. The van der Waals surface area contributed by atoms with E-state index in [0.29, 0.717) is 16.3 Å². The van der Waals surface area contributed by atoms with Crippen LogP contribution in [0.2, 0.25) is 10.0 Å². The van der Waals surface area contributed by atoms with Crippen LogP contribution in [-0.2, 0) is 15.2 Å². The Hall–Kier alpha value is -2.95. The Kier molecular flexibility index (Phi) is 7.24. The molecule has 0 radical (unpaired) electrons. The minimum atomic E-state index is -4.84. The molecule has 6 nitrogen and oxygen atoms in total. The topological polar surface area (TPSA) is 79.8 Å². The van der Waals surface area contributed by atoms with E-state index in [1.54, 1.807) is 36.0 Å². The zero-order valence-electron chi connectivity index (χ0n) is 20.5. The van der Waals surface area contributed by atoms with Crippen molar-refractivity contribution in [1.29, 1.82) is 0 Å². The SMILES string of the molecule is CC1(NC(=O)CNC(=O)c2ccc(C3=NOC(c4cc(Cl)cc(Cl)c4)(C(F)(F)F)C3)c3ccccc23)CSC1. The van der Waals surface area contributed by atoms with Gasteiger partial charge in [-0.2, -0.15) is 24.9 Å². The molecule has 2 aliphatic rings. The summed E-state index contributed by atoms with van der Waals surface area (Å²) in [6.45, 7) is 1.74. The van der Waals surface area contributed by atoms with E-state index in [0.717, 1.165) is 23.6 Å². The van der Waals surface area contributed by atoms with Crippen LogP contribution in [0.5, 0.6) is 0 Å². The molecule has 0 bridgehead atoms. The van der Waals surface area contributed by atoms with E-state index >= 15 is 0 Å². The van der Waals surface area contributed by atoms with E-state index in [2.05, 4.69) is 15.8 Å². The van der Waals surface area contributed by atoms with Crippen LogP contribution in [0, 0.1) is 0 Å². The quantitative estimate of drug-likeness (QED) is 0.362. The molecule has 2 heterocycles. The molecule has 0 aliphatic carbocycles. The second-order valence-electron chi connectivity index (χ2n) is 9.78. The molecule has 1 saturated heterocycles. The molecule has 2 aliphatic heterocycles. The van der Waals surface area contributed by atoms with Crippen molar-refractivity contribution in [2.75, 3.05) is 18.1 Å². The third kappa shape index (κ3) is 5.29. The number of benzene rings is 3. The van der Waals surface area contributed by atoms with E-state index in [9.17, 15) is 22.8 Å². The molecule has 12 heteroatoms. The molecule has 3 aromatic rings. The molecule has 204 valence electrons. The first-order valence-corrected chi connectivity index (χ1v) is 13.8. The molecule has 0 saturated carbocycles. The average molecular weight is 596 g/mol. The third-order valence-corrected chi connectivity index (χ3v) is 8.81. The van der Waals surface area contributed by atoms with Crippen LogP contribution in [0.15, 0.2) is 59.8 Å². The monoisotopic (exact) mass is 595 g/mol. The molecule has 3 aromatic carbocycles. The van der Waals surface area contributed by atoms with Crippen LogP contribution in [0.25, 0.3) is 10.8 Å². The van der Waals surface area contributed by atoms with E-state index in [1.807, 2.05) is 6.92 Å². The predicted octanol–water partition coefficient (Wildman–Crippen LogP) is 6.08. The summed E-state index contributed by atoms with van der Waals surface area (Å²) in [5.41, 5.74) is -2.61. The molecular weight excluding hydrogens is 574 g/mol. The van der Waals surface area contributed by atoms with Gasteiger partial charge in [0.05, 0.1) is 17.8 Å². The summed E-state index contributed by atoms with van der Waals surface area (Å²) in [6.07, 6.45) is -5.46. The standard InChI is InChI=1S/C27H22Cl2F3N3O3S/c1-25(13-39-14-25)34-23(36)12-33-24(37)21-7-6-20(18-4-2-3-5-19(18)21)22-11-26(38-35-22,27(30,31)32)15-8-16(28)10-17(29)9-15/h2-10H,11-14H2,1H3,(H,33,37)(H,34,36). The lowest BCUT2D eigenvalue weighted by Crippen LogP contribution is -2.57. The van der Waals surface area contributed by atoms with Crippen LogP contribution >= 0.6 is 35.0 Å². The maximum Gasteiger partial charge on any atom is 0.435 e. The Bertz CT molecular complexity index is 1490. The number of thioether (sulfide) groups is 1. The lowest BCUT2D eigenvalue weighted by molar-refractivity contribution is -0.275. The van der Waals surface area contributed by atoms with E-state index in [4.69, 9.17) is 28.0 Å². The maximum atomic E-state index is 14.4. The number of carbonyl (C=O) groups is 2. The zero-order chi connectivity index (χ0) is 28.0. The largest absolute Gasteiger partial charge is 0.435 e. The number of nitrogens with one attached hydrogen (secondary N) is 2. The van der Waals surface area contributed by atoms with E-state index in [1.165, 1.54) is 18.2 Å². The average Bonchev–Trinajstić information content (AvgIpc) is 3.32. The van der Waals surface area contributed by atoms with Crippen LogP contribution in [-0.4, -0.2) is 47.3 Å². The highest BCUT2D eigenvalue weighted by atomic mass is 35.5. The lowest BCUT2D eigenvalue weighted by atomic mass is 9.85. The van der Waals surface area contributed by atoms with Crippen LogP contribution in [0.3, 0.4) is 0 Å². The van der Waals surface area contributed by atoms with Gasteiger partial charge in [-0.15, -0.1) is 0 Å². The van der Waals surface area contributed by atoms with E-state index in [-0.39, 0.29) is 44.9 Å². The van der Waals surface area contributed by atoms with Crippen LogP contribution < -0.4 is 10.6 Å². The van der Waals surface area contributed by atoms with Crippen molar-refractivity contribution in [2.45, 2.75) is 30.7 Å². The normalized spacial score (nSPS) is 20.1. The van der Waals surface area contributed by atoms with Crippen molar-refractivity contribution in [3.8, 4) is 0 Å². The summed E-state index contributed by atoms with van der Waals surface area (Å²) in [6, 6.07) is 13.5. The molecule has 1 atom stereocenters. The molecule has 2 N–H and O–H groups in total. The number of halogens is 5. The molecule has 0 aromatic heterocycles. The van der Waals surface area contributed by atoms with Crippen LogP contribution in [0.1, 0.15) is 34.8 Å². The summed E-state index contributed by atoms with van der Waals surface area (Å²) < 4.78 is 43.3. The van der Waals surface area contributed by atoms with Gasteiger partial charge in [-0.1, -0.05) is 58.7 Å². The Balaban J connectivity index is 1.42. The third-order valence-electron chi connectivity index (χ3n) is 6.69. The minimum Gasteiger partial charge on any atom is -0.374 e. The molecule has 0 spiro atoms. The summed E-state index contributed by atoms with van der Waals surface area (Å²) in [5, 5.41) is 10.5. The Labute approximate surface area is 236 Å². The number of hydrogen-bond donors (Lipinski definition) is 2. The van der Waals surface area contributed by atoms with Gasteiger partial charge in [0.2, 0.25) is 5.91 Å². The summed E-state index contributed by atoms with van der Waals surface area (Å²) in [7, 11) is 0. The minimum absolute atomic E-state index is 0.0355.